The van der Waals surface area contributed by atoms with Crippen molar-refractivity contribution < 1.29 is 19.2 Å². The summed E-state index contributed by atoms with van der Waals surface area (Å²) in [5.41, 5.74) is 0.153. The Morgan fingerprint density at radius 1 is 1.39 bits per heavy atom. The van der Waals surface area contributed by atoms with Crippen LogP contribution in [0, 0.1) is 0 Å². The predicted octanol–water partition coefficient (Wildman–Crippen LogP) is 2.87. The van der Waals surface area contributed by atoms with Crippen LogP contribution in [-0.4, -0.2) is 21.2 Å². The Bertz CT molecular complexity index is 548. The number of nitrogens with zero attached hydrogens (tertiary/aromatic N) is 2. The number of aromatic nitrogens is 2. The van der Waals surface area contributed by atoms with Crippen molar-refractivity contribution in [3.63, 3.8) is 0 Å². The van der Waals surface area contributed by atoms with E-state index in [2.05, 4.69) is 46.5 Å². The molecule has 6 nitrogen and oxygen atoms in total. The van der Waals surface area contributed by atoms with Gasteiger partial charge in [-0.15, -0.1) is 0 Å². The number of hydrogen-bond donors (Lipinski definition) is 1. The highest BCUT2D eigenvalue weighted by molar-refractivity contribution is 9.11. The fourth-order valence-corrected chi connectivity index (χ4v) is 2.63. The van der Waals surface area contributed by atoms with E-state index in [9.17, 15) is 4.79 Å². The standard InChI is InChI=1S/C10H6Br2N2O4/c11-6-1-5(10(15)16)2-7(12)9(6)17-3-8-13-4-18-14-8/h1-2,4H,3H2,(H,15,16). The second kappa shape index (κ2) is 5.49. The number of aromatic carboxylic acids is 1. The monoisotopic (exact) mass is 376 g/mol. The maximum atomic E-state index is 10.8. The van der Waals surface area contributed by atoms with Gasteiger partial charge in [-0.3, -0.25) is 0 Å². The van der Waals surface area contributed by atoms with E-state index in [1.807, 2.05) is 0 Å². The normalized spacial score (nSPS) is 10.3. The van der Waals surface area contributed by atoms with Crippen molar-refractivity contribution in [2.75, 3.05) is 0 Å². The first kappa shape index (κ1) is 13.0. The predicted molar refractivity (Wildman–Crippen MR) is 67.4 cm³/mol. The van der Waals surface area contributed by atoms with Gasteiger partial charge in [0.05, 0.1) is 14.5 Å². The average Bonchev–Trinajstić information content (AvgIpc) is 2.80. The number of benzene rings is 1. The lowest BCUT2D eigenvalue weighted by Gasteiger charge is -2.09. The summed E-state index contributed by atoms with van der Waals surface area (Å²) in [6.45, 7) is 0.125. The minimum absolute atomic E-state index is 0.125. The van der Waals surface area contributed by atoms with Crippen molar-refractivity contribution in [2.24, 2.45) is 0 Å². The SMILES string of the molecule is O=C(O)c1cc(Br)c(OCc2ncon2)c(Br)c1. The van der Waals surface area contributed by atoms with E-state index < -0.39 is 5.97 Å². The van der Waals surface area contributed by atoms with Gasteiger partial charge in [0.1, 0.15) is 5.75 Å². The van der Waals surface area contributed by atoms with Gasteiger partial charge < -0.3 is 14.4 Å². The lowest BCUT2D eigenvalue weighted by molar-refractivity contribution is 0.0696. The van der Waals surface area contributed by atoms with Gasteiger partial charge >= 0.3 is 5.97 Å². The summed E-state index contributed by atoms with van der Waals surface area (Å²) >= 11 is 6.50. The third-order valence-corrected chi connectivity index (χ3v) is 3.18. The summed E-state index contributed by atoms with van der Waals surface area (Å²) in [4.78, 5) is 14.7. The summed E-state index contributed by atoms with van der Waals surface area (Å²) in [5, 5.41) is 12.5. The van der Waals surface area contributed by atoms with E-state index in [0.717, 1.165) is 0 Å². The third kappa shape index (κ3) is 2.88. The molecule has 0 spiro atoms. The van der Waals surface area contributed by atoms with Crippen molar-refractivity contribution in [1.29, 1.82) is 0 Å². The fraction of sp³-hybridized carbons (Fsp3) is 0.100. The van der Waals surface area contributed by atoms with Gasteiger partial charge in [0, 0.05) is 0 Å². The lowest BCUT2D eigenvalue weighted by Crippen LogP contribution is -2.01. The Hall–Kier alpha value is -1.41. The smallest absolute Gasteiger partial charge is 0.335 e. The molecule has 0 saturated heterocycles. The van der Waals surface area contributed by atoms with Crippen LogP contribution in [0.2, 0.25) is 0 Å². The topological polar surface area (TPSA) is 85.5 Å². The van der Waals surface area contributed by atoms with Crippen LogP contribution in [0.5, 0.6) is 5.75 Å². The van der Waals surface area contributed by atoms with Crippen LogP contribution in [-0.2, 0) is 6.61 Å². The zero-order chi connectivity index (χ0) is 13.1. The Morgan fingerprint density at radius 3 is 2.56 bits per heavy atom. The molecule has 0 aliphatic heterocycles. The van der Waals surface area contributed by atoms with Crippen molar-refractivity contribution in [1.82, 2.24) is 10.1 Å². The second-order valence-corrected chi connectivity index (χ2v) is 4.92. The maximum Gasteiger partial charge on any atom is 0.335 e. The zero-order valence-corrected chi connectivity index (χ0v) is 11.9. The van der Waals surface area contributed by atoms with E-state index in [-0.39, 0.29) is 12.2 Å². The molecular formula is C10H6Br2N2O4. The largest absolute Gasteiger partial charge is 0.483 e. The molecule has 0 atom stereocenters. The summed E-state index contributed by atoms with van der Waals surface area (Å²) in [6, 6.07) is 2.91. The first-order valence-electron chi connectivity index (χ1n) is 4.68. The fourth-order valence-electron chi connectivity index (χ4n) is 1.21. The molecule has 0 bridgehead atoms. The summed E-state index contributed by atoms with van der Waals surface area (Å²) in [7, 11) is 0. The number of carbonyl (C=O) groups is 1. The quantitative estimate of drug-likeness (QED) is 0.881. The summed E-state index contributed by atoms with van der Waals surface area (Å²) in [5.74, 6) is -0.137. The molecule has 1 aromatic heterocycles. The molecule has 0 fully saturated rings. The Morgan fingerprint density at radius 2 is 2.06 bits per heavy atom. The maximum absolute atomic E-state index is 10.8. The number of carboxylic acids is 1. The zero-order valence-electron chi connectivity index (χ0n) is 8.76. The molecule has 0 aliphatic carbocycles. The highest BCUT2D eigenvalue weighted by Crippen LogP contribution is 2.35. The Kier molecular flexibility index (Phi) is 3.97. The first-order chi connectivity index (χ1) is 8.58. The van der Waals surface area contributed by atoms with E-state index in [1.165, 1.54) is 18.5 Å². The highest BCUT2D eigenvalue weighted by atomic mass is 79.9. The van der Waals surface area contributed by atoms with Crippen molar-refractivity contribution in [3.05, 3.63) is 38.9 Å². The average molecular weight is 378 g/mol. The molecular weight excluding hydrogens is 372 g/mol. The first-order valence-corrected chi connectivity index (χ1v) is 6.27. The van der Waals surface area contributed by atoms with E-state index in [0.29, 0.717) is 20.5 Å². The van der Waals surface area contributed by atoms with Crippen molar-refractivity contribution >= 4 is 37.8 Å². The van der Waals surface area contributed by atoms with Gasteiger partial charge in [0.15, 0.2) is 6.61 Å². The number of halogens is 2. The van der Waals surface area contributed by atoms with Crippen molar-refractivity contribution in [3.8, 4) is 5.75 Å². The molecule has 1 N–H and O–H groups in total. The molecule has 0 saturated carbocycles. The third-order valence-electron chi connectivity index (χ3n) is 2.00. The van der Waals surface area contributed by atoms with Gasteiger partial charge in [0.25, 0.3) is 0 Å². The van der Waals surface area contributed by atoms with E-state index in [4.69, 9.17) is 9.84 Å². The van der Waals surface area contributed by atoms with Crippen LogP contribution < -0.4 is 4.74 Å². The number of hydrogen-bond acceptors (Lipinski definition) is 5. The summed E-state index contributed by atoms with van der Waals surface area (Å²) < 4.78 is 11.1. The van der Waals surface area contributed by atoms with Crippen LogP contribution in [0.1, 0.15) is 16.2 Å². The Labute approximate surface area is 118 Å². The minimum atomic E-state index is -1.01. The molecule has 1 heterocycles. The van der Waals surface area contributed by atoms with Gasteiger partial charge in [0.2, 0.25) is 12.2 Å². The van der Waals surface area contributed by atoms with Crippen LogP contribution in [0.3, 0.4) is 0 Å². The molecule has 1 aromatic carbocycles. The molecule has 0 unspecified atom stereocenters. The van der Waals surface area contributed by atoms with Gasteiger partial charge in [-0.1, -0.05) is 5.16 Å². The molecule has 2 aromatic rings. The lowest BCUT2D eigenvalue weighted by atomic mass is 10.2. The van der Waals surface area contributed by atoms with Gasteiger partial charge in [-0.2, -0.15) is 4.98 Å². The molecule has 94 valence electrons. The van der Waals surface area contributed by atoms with Crippen LogP contribution in [0.25, 0.3) is 0 Å². The molecule has 0 radical (unpaired) electrons. The van der Waals surface area contributed by atoms with Crippen LogP contribution >= 0.6 is 31.9 Å². The molecule has 0 amide bonds. The molecule has 8 heteroatoms. The molecule has 2 rings (SSSR count). The highest BCUT2D eigenvalue weighted by Gasteiger charge is 2.13. The number of rotatable bonds is 4. The second-order valence-electron chi connectivity index (χ2n) is 3.21. The van der Waals surface area contributed by atoms with Crippen molar-refractivity contribution in [2.45, 2.75) is 6.61 Å². The van der Waals surface area contributed by atoms with E-state index >= 15 is 0 Å². The van der Waals surface area contributed by atoms with E-state index in [1.54, 1.807) is 0 Å². The minimum Gasteiger partial charge on any atom is -0.483 e. The van der Waals surface area contributed by atoms with Crippen LogP contribution in [0.4, 0.5) is 0 Å². The Balaban J connectivity index is 2.20. The molecule has 18 heavy (non-hydrogen) atoms. The summed E-state index contributed by atoms with van der Waals surface area (Å²) in [6.07, 6.45) is 1.20. The van der Waals surface area contributed by atoms with Crippen LogP contribution in [0.15, 0.2) is 32.0 Å². The molecule has 0 aliphatic rings. The van der Waals surface area contributed by atoms with Gasteiger partial charge in [-0.25, -0.2) is 4.79 Å². The van der Waals surface area contributed by atoms with Gasteiger partial charge in [-0.05, 0) is 44.0 Å². The number of carboxylic acid groups (broad SMARTS) is 1. The number of ether oxygens (including phenoxy) is 1.